The molecule has 10 saturated heterocycles. The van der Waals surface area contributed by atoms with E-state index in [0.29, 0.717) is 0 Å². The Balaban J connectivity index is 0.0000000857. The molecule has 3 nitrogen and oxygen atoms in total. The summed E-state index contributed by atoms with van der Waals surface area (Å²) in [5.41, 5.74) is 0. The first kappa shape index (κ1) is 6.71. The Morgan fingerprint density at radius 3 is 1.00 bits per heavy atom. The van der Waals surface area contributed by atoms with Gasteiger partial charge in [0.05, 0.1) is 0 Å². The van der Waals surface area contributed by atoms with Crippen molar-refractivity contribution in [1.29, 1.82) is 0 Å². The standard InChI is InChI=1S/2C5H5.C4H3NO2.Fe/c2*1-2-4-5-3-1;6-3-1-2-4(7)5-3;/h2*1-5H;1-2H,(H,5,6,7);. The molecule has 0 aromatic carbocycles. The number of fused-ring (bicyclic) bond motifs is 10. The van der Waals surface area contributed by atoms with Crippen molar-refractivity contribution in [3.05, 3.63) is 12.2 Å². The molecule has 0 bridgehead atoms. The van der Waals surface area contributed by atoms with Gasteiger partial charge in [-0.25, -0.2) is 0 Å². The first-order valence-corrected chi connectivity index (χ1v) is 13.6. The first-order chi connectivity index (χ1) is 8.45. The Bertz CT molecular complexity index is 841. The van der Waals surface area contributed by atoms with Crippen LogP contribution in [0.2, 0.25) is 48.2 Å². The summed E-state index contributed by atoms with van der Waals surface area (Å²) in [7, 11) is 0. The van der Waals surface area contributed by atoms with E-state index >= 15 is 0 Å². The van der Waals surface area contributed by atoms with E-state index in [1.54, 1.807) is 48.2 Å². The molecule has 2 amide bonds. The van der Waals surface area contributed by atoms with Gasteiger partial charge in [-0.2, -0.15) is 0 Å². The molecule has 0 radical (unpaired) electrons. The molecule has 0 aromatic heterocycles. The van der Waals surface area contributed by atoms with Gasteiger partial charge in [-0.3, -0.25) is 14.9 Å². The van der Waals surface area contributed by atoms with E-state index in [4.69, 9.17) is 0 Å². The Morgan fingerprint density at radius 1 is 0.667 bits per heavy atom. The molecule has 11 aliphatic rings. The molecule has 11 rings (SSSR count). The fraction of sp³-hybridized carbons (Fsp3) is 0.714. The minimum atomic E-state index is -2.28. The monoisotopic (exact) mass is 283 g/mol. The molecule has 11 heterocycles. The van der Waals surface area contributed by atoms with Gasteiger partial charge in [-0.05, 0) is 0 Å². The van der Waals surface area contributed by atoms with Gasteiger partial charge in [0.2, 0.25) is 0 Å². The number of rotatable bonds is 0. The molecule has 0 saturated carbocycles. The van der Waals surface area contributed by atoms with E-state index in [-0.39, 0.29) is 11.8 Å². The first-order valence-electron chi connectivity index (χ1n) is 7.19. The van der Waals surface area contributed by atoms with Crippen LogP contribution >= 0.6 is 0 Å². The van der Waals surface area contributed by atoms with Crippen LogP contribution in [0.4, 0.5) is 0 Å². The molecular weight excluding hydrogens is 270 g/mol. The number of carbonyl (C=O) groups excluding carboxylic acids is 2. The van der Waals surface area contributed by atoms with Gasteiger partial charge in [0.15, 0.2) is 0 Å². The Kier molecular flexibility index (Phi) is 0.209. The van der Waals surface area contributed by atoms with Gasteiger partial charge in [-0.15, -0.1) is 0 Å². The van der Waals surface area contributed by atoms with Crippen LogP contribution in [0.3, 0.4) is 0 Å². The summed E-state index contributed by atoms with van der Waals surface area (Å²) in [4.78, 5) is 36.0. The van der Waals surface area contributed by atoms with Crippen LogP contribution in [-0.2, 0) is 16.1 Å². The molecule has 11 aliphatic heterocycles. The third-order valence-corrected chi connectivity index (χ3v) is 57.1. The molecule has 94 valence electrons. The number of hydrogen-bond donors (Lipinski definition) is 1. The van der Waals surface area contributed by atoms with Crippen molar-refractivity contribution >= 4 is 11.8 Å². The summed E-state index contributed by atoms with van der Waals surface area (Å²) in [6, 6.07) is 0. The third kappa shape index (κ3) is 0.0735. The molecule has 1 spiro atoms. The fourth-order valence-electron chi connectivity index (χ4n) is 16.2. The molecule has 10 fully saturated rings. The van der Waals surface area contributed by atoms with Crippen molar-refractivity contribution in [2.24, 2.45) is 0 Å². The second kappa shape index (κ2) is 0.559. The predicted octanol–water partition coefficient (Wildman–Crippen LogP) is 2.57. The summed E-state index contributed by atoms with van der Waals surface area (Å²) < 4.78 is 0. The summed E-state index contributed by atoms with van der Waals surface area (Å²) in [5, 5.41) is 2.03. The molecule has 0 aromatic rings. The zero-order valence-corrected chi connectivity index (χ0v) is 10.7. The van der Waals surface area contributed by atoms with Gasteiger partial charge >= 0.3 is 54.7 Å². The Morgan fingerprint density at radius 2 is 0.944 bits per heavy atom. The Labute approximate surface area is 93.7 Å². The van der Waals surface area contributed by atoms with E-state index in [9.17, 15) is 9.59 Å². The zero-order chi connectivity index (χ0) is 11.4. The zero-order valence-electron chi connectivity index (χ0n) is 9.60. The SMILES string of the molecule is O=C1C=CC(=O)N1.[CH]12[CH]3[CH]4[CH]5[CH]1[Fe]23451678[CH]2[CH]1[CH]6[CH]7[CH]28. The van der Waals surface area contributed by atoms with Crippen molar-refractivity contribution in [1.82, 2.24) is 5.32 Å². The van der Waals surface area contributed by atoms with Gasteiger partial charge < -0.3 is 0 Å². The second-order valence-corrected chi connectivity index (χ2v) is 34.7. The third-order valence-electron chi connectivity index (χ3n) is 15.2. The Hall–Kier alpha value is -0.601. The van der Waals surface area contributed by atoms with Crippen molar-refractivity contribution in [3.63, 3.8) is 0 Å². The van der Waals surface area contributed by atoms with Crippen LogP contribution in [0.15, 0.2) is 12.2 Å². The summed E-state index contributed by atoms with van der Waals surface area (Å²) in [6.07, 6.45) is 2.39. The van der Waals surface area contributed by atoms with E-state index in [0.717, 1.165) is 0 Å². The molecular formula is C14H13FeNO2. The van der Waals surface area contributed by atoms with E-state index < -0.39 is 6.51 Å². The molecule has 0 atom stereocenters. The molecule has 0 aliphatic carbocycles. The van der Waals surface area contributed by atoms with Crippen LogP contribution < -0.4 is 5.32 Å². The minimum absolute atomic E-state index is 0.329. The van der Waals surface area contributed by atoms with Crippen LogP contribution in [0.1, 0.15) is 0 Å². The summed E-state index contributed by atoms with van der Waals surface area (Å²) >= 11 is 0. The number of imide groups is 1. The maximum absolute atomic E-state index is 10.0. The summed E-state index contributed by atoms with van der Waals surface area (Å²) in [6.45, 7) is -2.28. The number of hydrogen-bond acceptors (Lipinski definition) is 2. The van der Waals surface area contributed by atoms with Gasteiger partial charge in [0.1, 0.15) is 0 Å². The number of amides is 2. The maximum atomic E-state index is 10.0. The summed E-state index contributed by atoms with van der Waals surface area (Å²) in [5.74, 6) is -0.657. The van der Waals surface area contributed by atoms with E-state index in [1.807, 2.05) is 5.32 Å². The van der Waals surface area contributed by atoms with Crippen LogP contribution in [0, 0.1) is 0 Å². The fourth-order valence-corrected chi connectivity index (χ4v) is 88.4. The predicted molar refractivity (Wildman–Crippen MR) is 59.8 cm³/mol. The van der Waals surface area contributed by atoms with E-state index in [1.165, 1.54) is 12.2 Å². The van der Waals surface area contributed by atoms with E-state index in [2.05, 4.69) is 0 Å². The van der Waals surface area contributed by atoms with Crippen molar-refractivity contribution in [2.75, 3.05) is 0 Å². The van der Waals surface area contributed by atoms with Crippen LogP contribution in [-0.4, -0.2) is 11.8 Å². The van der Waals surface area contributed by atoms with Crippen LogP contribution in [0.5, 0.6) is 0 Å². The molecule has 1 N–H and O–H groups in total. The average Bonchev–Trinajstić information content (AvgIpc) is 3.28. The molecule has 18 heavy (non-hydrogen) atoms. The average molecular weight is 283 g/mol. The number of carbonyl (C=O) groups is 2. The molecule has 0 unspecified atom stereocenters. The normalized spacial score (nSPS) is 111. The van der Waals surface area contributed by atoms with Gasteiger partial charge in [0.25, 0.3) is 11.8 Å². The van der Waals surface area contributed by atoms with Crippen molar-refractivity contribution in [3.8, 4) is 0 Å². The number of nitrogens with one attached hydrogen (secondary N) is 1. The molecule has 4 heteroatoms. The van der Waals surface area contributed by atoms with Crippen LogP contribution in [0.25, 0.3) is 0 Å². The van der Waals surface area contributed by atoms with Gasteiger partial charge in [-0.1, -0.05) is 0 Å². The van der Waals surface area contributed by atoms with Gasteiger partial charge in [0, 0.05) is 12.2 Å². The van der Waals surface area contributed by atoms with Crippen molar-refractivity contribution in [2.45, 2.75) is 48.2 Å². The topological polar surface area (TPSA) is 46.2 Å². The quantitative estimate of drug-likeness (QED) is 0.548. The second-order valence-electron chi connectivity index (χ2n) is 10.8. The van der Waals surface area contributed by atoms with Crippen molar-refractivity contribution < 1.29 is 16.1 Å².